The molecule has 2 aromatic carbocycles. The first kappa shape index (κ1) is 44.0. The fraction of sp³-hybridized carbons (Fsp3) is 0.605. The Bertz CT molecular complexity index is 1900. The molecule has 1 aromatic heterocycles. The third-order valence-electron chi connectivity index (χ3n) is 11.5. The van der Waals surface area contributed by atoms with Crippen molar-refractivity contribution in [3.05, 3.63) is 51.2 Å². The summed E-state index contributed by atoms with van der Waals surface area (Å²) < 4.78 is 19.1. The van der Waals surface area contributed by atoms with E-state index in [1.807, 2.05) is 6.07 Å². The molecule has 2 amide bonds. The van der Waals surface area contributed by atoms with E-state index in [1.54, 1.807) is 20.8 Å². The van der Waals surface area contributed by atoms with E-state index in [4.69, 9.17) is 13.9 Å². The van der Waals surface area contributed by atoms with Crippen molar-refractivity contribution < 1.29 is 33.4 Å². The second-order valence-corrected chi connectivity index (χ2v) is 25.1. The third-order valence-corrected chi connectivity index (χ3v) is 18.4. The molecule has 0 radical (unpaired) electrons. The van der Waals surface area contributed by atoms with Crippen LogP contribution in [0.15, 0.2) is 36.4 Å². The number of ether oxygens (including phenoxy) is 2. The summed E-state index contributed by atoms with van der Waals surface area (Å²) in [5.74, 6) is 0.250. The number of benzene rings is 2. The first-order chi connectivity index (χ1) is 26.1. The van der Waals surface area contributed by atoms with E-state index in [2.05, 4.69) is 124 Å². The molecule has 2 fully saturated rings. The molecule has 3 aromatic rings. The zero-order valence-corrected chi connectivity index (χ0v) is 38.4. The molecule has 0 spiro atoms. The van der Waals surface area contributed by atoms with Crippen molar-refractivity contribution in [3.63, 3.8) is 0 Å². The Morgan fingerprint density at radius 3 is 2.23 bits per heavy atom. The van der Waals surface area contributed by atoms with E-state index >= 15 is 0 Å². The predicted octanol–water partition coefficient (Wildman–Crippen LogP) is 8.52. The van der Waals surface area contributed by atoms with Crippen LogP contribution < -0.4 is 15.2 Å². The number of aromatic amines is 1. The monoisotopic (exact) mass is 902 g/mol. The number of alkyl carbamates (subject to hydrolysis) is 1. The van der Waals surface area contributed by atoms with Crippen LogP contribution in [0, 0.1) is 21.0 Å². The Labute approximate surface area is 347 Å². The number of carbonyl (C=O) groups excluding carboxylic acids is 3. The molecule has 0 bridgehead atoms. The number of fused-ring (bicyclic) bond motifs is 2. The second-order valence-electron chi connectivity index (χ2n) is 18.6. The smallest absolute Gasteiger partial charge is 0.408 e. The largest absolute Gasteiger partial charge is 0.543 e. The lowest BCUT2D eigenvalue weighted by atomic mass is 9.86. The first-order valence-corrected chi connectivity index (χ1v) is 23.2. The van der Waals surface area contributed by atoms with Gasteiger partial charge in [0, 0.05) is 30.5 Å². The van der Waals surface area contributed by atoms with Gasteiger partial charge in [0.25, 0.3) is 14.2 Å². The lowest BCUT2D eigenvalue weighted by Gasteiger charge is -2.42. The van der Waals surface area contributed by atoms with E-state index in [9.17, 15) is 19.5 Å². The number of aromatic nitrogens is 1. The minimum atomic E-state index is -2.41. The normalized spacial score (nSPS) is 19.3. The summed E-state index contributed by atoms with van der Waals surface area (Å²) in [6, 6.07) is 10.9. The number of esters is 1. The number of nitrogens with one attached hydrogen (secondary N) is 3. The van der Waals surface area contributed by atoms with E-state index in [-0.39, 0.29) is 36.2 Å². The molecule has 1 saturated heterocycles. The minimum Gasteiger partial charge on any atom is -0.543 e. The molecular formula is C43H63IN4O7Si. The Morgan fingerprint density at radius 1 is 0.982 bits per heavy atom. The van der Waals surface area contributed by atoms with E-state index < -0.39 is 38.1 Å². The number of aliphatic hydroxyl groups excluding tert-OH is 1. The van der Waals surface area contributed by atoms with Crippen molar-refractivity contribution in [2.45, 2.75) is 130 Å². The number of amides is 2. The number of aliphatic hydroxyl groups is 1. The molecule has 56 heavy (non-hydrogen) atoms. The highest BCUT2D eigenvalue weighted by Gasteiger charge is 2.53. The van der Waals surface area contributed by atoms with Crippen molar-refractivity contribution in [2.24, 2.45) is 17.3 Å². The number of methoxy groups -OCH3 is 1. The van der Waals surface area contributed by atoms with Crippen LogP contribution in [0.2, 0.25) is 16.6 Å². The number of H-pyrrole nitrogens is 1. The topological polar surface area (TPSA) is 142 Å². The number of rotatable bonds is 14. The summed E-state index contributed by atoms with van der Waals surface area (Å²) in [7, 11) is -1.06. The molecule has 4 N–H and O–H groups in total. The summed E-state index contributed by atoms with van der Waals surface area (Å²) in [6.45, 7) is 23.5. The highest BCUT2D eigenvalue weighted by Crippen LogP contribution is 2.46. The summed E-state index contributed by atoms with van der Waals surface area (Å²) in [4.78, 5) is 44.0. The van der Waals surface area contributed by atoms with Gasteiger partial charge in [0.2, 0.25) is 0 Å². The SMILES string of the molecule is COC(=O)[C@H]1NN(C(=O)[C@H](Cc2cc(O[Si](C(C)C)(C(C)C)C(C)C)cc(-c3ccc4[nH]c(I)c(CC(C)(C)CO)c4c3)c2)NC(=O)OC(C)(C)C)C[C@@H]2C[C@@H]21. The molecular weight excluding hydrogens is 839 g/mol. The quantitative estimate of drug-likeness (QED) is 0.0717. The molecule has 5 rings (SSSR count). The van der Waals surface area contributed by atoms with E-state index in [0.717, 1.165) is 49.0 Å². The molecule has 2 aliphatic rings. The van der Waals surface area contributed by atoms with Crippen molar-refractivity contribution in [1.82, 2.24) is 20.7 Å². The van der Waals surface area contributed by atoms with Gasteiger partial charge in [-0.2, -0.15) is 0 Å². The van der Waals surface area contributed by atoms with Gasteiger partial charge in [-0.1, -0.05) is 67.5 Å². The predicted molar refractivity (Wildman–Crippen MR) is 232 cm³/mol. The number of carbonyl (C=O) groups is 3. The molecule has 1 saturated carbocycles. The van der Waals surface area contributed by atoms with Gasteiger partial charge < -0.3 is 29.3 Å². The molecule has 4 atom stereocenters. The maximum Gasteiger partial charge on any atom is 0.408 e. The zero-order valence-electron chi connectivity index (χ0n) is 35.3. The van der Waals surface area contributed by atoms with E-state index in [0.29, 0.717) is 29.6 Å². The van der Waals surface area contributed by atoms with Gasteiger partial charge in [0.1, 0.15) is 23.4 Å². The van der Waals surface area contributed by atoms with E-state index in [1.165, 1.54) is 12.1 Å². The van der Waals surface area contributed by atoms with Gasteiger partial charge in [-0.25, -0.2) is 10.2 Å². The van der Waals surface area contributed by atoms with Crippen molar-refractivity contribution >= 4 is 59.8 Å². The van der Waals surface area contributed by atoms with Crippen molar-refractivity contribution in [3.8, 4) is 16.9 Å². The Morgan fingerprint density at radius 2 is 1.64 bits per heavy atom. The number of nitrogens with zero attached hydrogens (tertiary/aromatic N) is 1. The highest BCUT2D eigenvalue weighted by molar-refractivity contribution is 14.1. The summed E-state index contributed by atoms with van der Waals surface area (Å²) in [5.41, 5.74) is 7.91. The second kappa shape index (κ2) is 17.0. The maximum absolute atomic E-state index is 14.5. The van der Waals surface area contributed by atoms with Crippen LogP contribution in [-0.2, 0) is 31.9 Å². The number of hydrazine groups is 1. The fourth-order valence-corrected chi connectivity index (χ4v) is 14.7. The average molecular weight is 903 g/mol. The first-order valence-electron chi connectivity index (χ1n) is 20.0. The minimum absolute atomic E-state index is 0.0696. The molecule has 11 nitrogen and oxygen atoms in total. The van der Waals surface area contributed by atoms with Gasteiger partial charge in [0.05, 0.1) is 10.8 Å². The van der Waals surface area contributed by atoms with Gasteiger partial charge in [-0.3, -0.25) is 14.6 Å². The summed E-state index contributed by atoms with van der Waals surface area (Å²) in [5, 5.41) is 15.6. The van der Waals surface area contributed by atoms with Gasteiger partial charge in [-0.05, 0) is 137 Å². The van der Waals surface area contributed by atoms with Crippen LogP contribution in [0.4, 0.5) is 4.79 Å². The van der Waals surface area contributed by atoms with Crippen LogP contribution in [0.3, 0.4) is 0 Å². The van der Waals surface area contributed by atoms with Crippen LogP contribution in [0.5, 0.6) is 5.75 Å². The van der Waals surface area contributed by atoms with Crippen molar-refractivity contribution in [1.29, 1.82) is 0 Å². The Balaban J connectivity index is 1.61. The van der Waals surface area contributed by atoms with Crippen LogP contribution in [-0.4, -0.2) is 79.3 Å². The molecule has 308 valence electrons. The number of hydrogen-bond donors (Lipinski definition) is 4. The standard InChI is InChI=1S/C43H63IN4O7Si/c1-24(2)56(25(3)4,26(5)6)55-31-16-27(15-29(18-31)28-13-14-35-33(19-28)34(38(44)45-35)21-43(10,11)23-49)17-36(46-41(52)54-42(7,8)9)39(50)48-22-30-20-32(30)37(47-48)40(51)53-12/h13-16,18-19,24-26,30,32,36-37,45,47,49H,17,20-23H2,1-12H3,(H,46,52)/t30-,32-,36-,37-/m0/s1. The summed E-state index contributed by atoms with van der Waals surface area (Å²) >= 11 is 2.34. The van der Waals surface area contributed by atoms with Gasteiger partial charge >= 0.3 is 12.1 Å². The molecule has 1 aliphatic heterocycles. The fourth-order valence-electron chi connectivity index (χ4n) is 8.69. The van der Waals surface area contributed by atoms with Crippen molar-refractivity contribution in [2.75, 3.05) is 20.3 Å². The average Bonchev–Trinajstić information content (AvgIpc) is 3.84. The highest BCUT2D eigenvalue weighted by atomic mass is 127. The zero-order chi connectivity index (χ0) is 41.5. The number of hydrogen-bond acceptors (Lipinski definition) is 8. The summed E-state index contributed by atoms with van der Waals surface area (Å²) in [6.07, 6.45) is 0.970. The Hall–Kier alpha value is -3.14. The van der Waals surface area contributed by atoms with Gasteiger partial charge in [0.15, 0.2) is 0 Å². The molecule has 2 heterocycles. The van der Waals surface area contributed by atoms with Crippen LogP contribution in [0.25, 0.3) is 22.0 Å². The Kier molecular flexibility index (Phi) is 13.3. The lowest BCUT2D eigenvalue weighted by Crippen LogP contribution is -2.61. The molecule has 1 aliphatic carbocycles. The lowest BCUT2D eigenvalue weighted by molar-refractivity contribution is -0.150. The third kappa shape index (κ3) is 9.75. The van der Waals surface area contributed by atoms with Crippen LogP contribution >= 0.6 is 22.6 Å². The molecule has 0 unspecified atom stereocenters. The maximum atomic E-state index is 14.5. The number of halogens is 1. The molecule has 13 heteroatoms. The van der Waals surface area contributed by atoms with Gasteiger partial charge in [-0.15, -0.1) is 0 Å². The van der Waals surface area contributed by atoms with Crippen LogP contribution in [0.1, 0.15) is 93.7 Å².